The van der Waals surface area contributed by atoms with E-state index in [1.165, 1.54) is 4.31 Å². The highest BCUT2D eigenvalue weighted by molar-refractivity contribution is 7.98. The van der Waals surface area contributed by atoms with Crippen LogP contribution in [0.25, 0.3) is 0 Å². The van der Waals surface area contributed by atoms with Gasteiger partial charge in [0, 0.05) is 11.4 Å². The van der Waals surface area contributed by atoms with E-state index >= 15 is 0 Å². The van der Waals surface area contributed by atoms with E-state index in [0.29, 0.717) is 0 Å². The maximum atomic E-state index is 13.4. The molecule has 5 nitrogen and oxygen atoms in total. The number of thioether (sulfide) groups is 1. The van der Waals surface area contributed by atoms with Crippen molar-refractivity contribution < 1.29 is 13.2 Å². The van der Waals surface area contributed by atoms with Gasteiger partial charge in [0.1, 0.15) is 0 Å². The molecule has 33 heavy (non-hydrogen) atoms. The summed E-state index contributed by atoms with van der Waals surface area (Å²) in [5, 5.41) is 2.94. The van der Waals surface area contributed by atoms with Crippen LogP contribution in [0.4, 0.5) is 0 Å². The summed E-state index contributed by atoms with van der Waals surface area (Å²) >= 11 is 1.65. The summed E-state index contributed by atoms with van der Waals surface area (Å²) in [5.41, 5.74) is 3.80. The maximum Gasteiger partial charge on any atom is 0.243 e. The number of hydrogen-bond acceptors (Lipinski definition) is 4. The van der Waals surface area contributed by atoms with Crippen molar-refractivity contribution in [2.75, 3.05) is 12.8 Å². The number of nitrogens with one attached hydrogen (secondary N) is 1. The van der Waals surface area contributed by atoms with Crippen LogP contribution in [0.1, 0.15) is 35.2 Å². The predicted molar refractivity (Wildman–Crippen MR) is 135 cm³/mol. The van der Waals surface area contributed by atoms with Crippen LogP contribution in [0.5, 0.6) is 0 Å². The number of benzene rings is 3. The Bertz CT molecular complexity index is 1190. The molecule has 3 rings (SSSR count). The minimum absolute atomic E-state index is 0.113. The summed E-state index contributed by atoms with van der Waals surface area (Å²) in [4.78, 5) is 14.2. The molecule has 0 heterocycles. The fraction of sp³-hybridized carbons (Fsp3) is 0.269. The van der Waals surface area contributed by atoms with Gasteiger partial charge >= 0.3 is 0 Å². The first-order valence-electron chi connectivity index (χ1n) is 10.7. The number of hydrogen-bond donors (Lipinski definition) is 1. The molecule has 1 N–H and O–H groups in total. The molecular formula is C26H30N2O3S2. The Labute approximate surface area is 201 Å². The Morgan fingerprint density at radius 2 is 1.64 bits per heavy atom. The van der Waals surface area contributed by atoms with Gasteiger partial charge in [-0.25, -0.2) is 8.42 Å². The summed E-state index contributed by atoms with van der Waals surface area (Å²) in [7, 11) is -3.86. The van der Waals surface area contributed by atoms with Crippen LogP contribution in [0.3, 0.4) is 0 Å². The number of carbonyl (C=O) groups excluding carboxylic acids is 1. The molecule has 3 aromatic carbocycles. The molecule has 7 heteroatoms. The molecule has 1 atom stereocenters. The lowest BCUT2D eigenvalue weighted by atomic mass is 10.1. The molecule has 0 aliphatic carbocycles. The molecule has 1 unspecified atom stereocenters. The molecule has 3 aromatic rings. The quantitative estimate of drug-likeness (QED) is 0.431. The van der Waals surface area contributed by atoms with Crippen LogP contribution in [-0.4, -0.2) is 31.4 Å². The zero-order valence-corrected chi connectivity index (χ0v) is 21.0. The zero-order valence-electron chi connectivity index (χ0n) is 19.4. The second kappa shape index (κ2) is 11.0. The third-order valence-electron chi connectivity index (χ3n) is 5.41. The summed E-state index contributed by atoms with van der Waals surface area (Å²) in [6, 6.07) is 22.1. The summed E-state index contributed by atoms with van der Waals surface area (Å²) in [6.07, 6.45) is 2.01. The van der Waals surface area contributed by atoms with E-state index in [-0.39, 0.29) is 29.9 Å². The van der Waals surface area contributed by atoms with E-state index in [0.717, 1.165) is 27.1 Å². The van der Waals surface area contributed by atoms with Gasteiger partial charge in [0.2, 0.25) is 15.9 Å². The van der Waals surface area contributed by atoms with E-state index in [2.05, 4.69) is 5.32 Å². The molecule has 0 saturated heterocycles. The van der Waals surface area contributed by atoms with Crippen molar-refractivity contribution in [1.82, 2.24) is 9.62 Å². The van der Waals surface area contributed by atoms with E-state index in [4.69, 9.17) is 0 Å². The first kappa shape index (κ1) is 25.0. The van der Waals surface area contributed by atoms with E-state index in [9.17, 15) is 13.2 Å². The highest BCUT2D eigenvalue weighted by Gasteiger charge is 2.27. The van der Waals surface area contributed by atoms with Gasteiger partial charge in [0.25, 0.3) is 0 Å². The average molecular weight is 483 g/mol. The summed E-state index contributed by atoms with van der Waals surface area (Å²) < 4.78 is 28.1. The molecule has 0 fully saturated rings. The van der Waals surface area contributed by atoms with Gasteiger partial charge in [-0.3, -0.25) is 4.79 Å². The molecule has 1 amide bonds. The van der Waals surface area contributed by atoms with Crippen LogP contribution >= 0.6 is 11.8 Å². The van der Waals surface area contributed by atoms with Crippen molar-refractivity contribution in [2.24, 2.45) is 0 Å². The van der Waals surface area contributed by atoms with Crippen molar-refractivity contribution in [2.45, 2.75) is 43.1 Å². The third kappa shape index (κ3) is 6.69. The number of rotatable bonds is 9. The fourth-order valence-corrected chi connectivity index (χ4v) is 5.32. The molecule has 0 bridgehead atoms. The molecule has 0 aromatic heterocycles. The van der Waals surface area contributed by atoms with Crippen LogP contribution < -0.4 is 5.32 Å². The topological polar surface area (TPSA) is 66.5 Å². The van der Waals surface area contributed by atoms with E-state index in [1.807, 2.05) is 75.6 Å². The van der Waals surface area contributed by atoms with Crippen LogP contribution in [-0.2, 0) is 21.4 Å². The van der Waals surface area contributed by atoms with Gasteiger partial charge in [-0.2, -0.15) is 4.31 Å². The Morgan fingerprint density at radius 1 is 0.970 bits per heavy atom. The van der Waals surface area contributed by atoms with Crippen LogP contribution in [0.15, 0.2) is 82.6 Å². The average Bonchev–Trinajstić information content (AvgIpc) is 2.79. The van der Waals surface area contributed by atoms with Gasteiger partial charge in [0.15, 0.2) is 0 Å². The first-order valence-corrected chi connectivity index (χ1v) is 13.4. The van der Waals surface area contributed by atoms with Crippen molar-refractivity contribution in [3.05, 3.63) is 95.1 Å². The Kier molecular flexibility index (Phi) is 8.35. The Balaban J connectivity index is 1.82. The standard InChI is InChI=1S/C26H30N2O3S2/c1-19-8-14-25(15-9-19)33(30,31)28(17-22-7-5-6-20(2)16-22)18-26(29)27-21(3)23-10-12-24(32-4)13-11-23/h5-16,21H,17-18H2,1-4H3,(H,27,29). The van der Waals surface area contributed by atoms with Gasteiger partial charge in [-0.05, 0) is 62.4 Å². The monoisotopic (exact) mass is 482 g/mol. The molecule has 0 aliphatic heterocycles. The van der Waals surface area contributed by atoms with Crippen LogP contribution in [0, 0.1) is 13.8 Å². The third-order valence-corrected chi connectivity index (χ3v) is 7.96. The molecular weight excluding hydrogens is 452 g/mol. The molecule has 0 saturated carbocycles. The lowest BCUT2D eigenvalue weighted by molar-refractivity contribution is -0.122. The summed E-state index contributed by atoms with van der Waals surface area (Å²) in [5.74, 6) is -0.347. The minimum atomic E-state index is -3.86. The lowest BCUT2D eigenvalue weighted by Crippen LogP contribution is -2.41. The van der Waals surface area contributed by atoms with E-state index < -0.39 is 10.0 Å². The second-order valence-corrected chi connectivity index (χ2v) is 11.0. The second-order valence-electron chi connectivity index (χ2n) is 8.14. The van der Waals surface area contributed by atoms with Crippen molar-refractivity contribution in [3.8, 4) is 0 Å². The van der Waals surface area contributed by atoms with Gasteiger partial charge < -0.3 is 5.32 Å². The highest BCUT2D eigenvalue weighted by Crippen LogP contribution is 2.21. The first-order chi connectivity index (χ1) is 15.7. The molecule has 174 valence electrons. The Hall–Kier alpha value is -2.61. The molecule has 0 radical (unpaired) electrons. The van der Waals surface area contributed by atoms with Gasteiger partial charge in [-0.1, -0.05) is 59.7 Å². The number of amides is 1. The molecule has 0 aliphatic rings. The number of aryl methyl sites for hydroxylation is 2. The van der Waals surface area contributed by atoms with Crippen molar-refractivity contribution >= 4 is 27.7 Å². The van der Waals surface area contributed by atoms with Crippen molar-refractivity contribution in [1.29, 1.82) is 0 Å². The number of sulfonamides is 1. The van der Waals surface area contributed by atoms with Crippen molar-refractivity contribution in [3.63, 3.8) is 0 Å². The van der Waals surface area contributed by atoms with Crippen LogP contribution in [0.2, 0.25) is 0 Å². The Morgan fingerprint density at radius 3 is 2.24 bits per heavy atom. The van der Waals surface area contributed by atoms with E-state index in [1.54, 1.807) is 36.0 Å². The molecule has 0 spiro atoms. The summed E-state index contributed by atoms with van der Waals surface area (Å²) in [6.45, 7) is 5.60. The van der Waals surface area contributed by atoms with Gasteiger partial charge in [0.05, 0.1) is 17.5 Å². The minimum Gasteiger partial charge on any atom is -0.348 e. The highest BCUT2D eigenvalue weighted by atomic mass is 32.2. The normalized spacial score (nSPS) is 12.5. The fourth-order valence-electron chi connectivity index (χ4n) is 3.52. The largest absolute Gasteiger partial charge is 0.348 e. The lowest BCUT2D eigenvalue weighted by Gasteiger charge is -2.23. The zero-order chi connectivity index (χ0) is 24.0. The smallest absolute Gasteiger partial charge is 0.243 e. The SMILES string of the molecule is CSc1ccc(C(C)NC(=O)CN(Cc2cccc(C)c2)S(=O)(=O)c2ccc(C)cc2)cc1. The maximum absolute atomic E-state index is 13.4. The predicted octanol–water partition coefficient (Wildman–Crippen LogP) is 5.09. The number of carbonyl (C=O) groups is 1. The number of nitrogens with zero attached hydrogens (tertiary/aromatic N) is 1. The van der Waals surface area contributed by atoms with Gasteiger partial charge in [-0.15, -0.1) is 11.8 Å².